The van der Waals surface area contributed by atoms with Crippen molar-refractivity contribution in [3.8, 4) is 0 Å². The lowest BCUT2D eigenvalue weighted by molar-refractivity contribution is -0.384. The molecule has 2 aliphatic rings. The number of rotatable bonds is 8. The number of aryl methyl sites for hydroxylation is 1. The zero-order valence-electron chi connectivity index (χ0n) is 19.0. The SMILES string of the molecule is COCCNc1ccc(C(=O)N2CCCc3cc(S(=O)(=O)N4CCCC4)ccc32)cc1[N+](=O)[O-]. The number of fused-ring (bicyclic) bond motifs is 1. The molecule has 2 aliphatic heterocycles. The van der Waals surface area contributed by atoms with Gasteiger partial charge in [-0.3, -0.25) is 14.9 Å². The van der Waals surface area contributed by atoms with Crippen molar-refractivity contribution in [2.75, 3.05) is 50.1 Å². The predicted molar refractivity (Wildman–Crippen MR) is 128 cm³/mol. The van der Waals surface area contributed by atoms with Gasteiger partial charge in [0.15, 0.2) is 0 Å². The van der Waals surface area contributed by atoms with Crippen molar-refractivity contribution >= 4 is 33.0 Å². The first-order chi connectivity index (χ1) is 16.3. The number of ether oxygens (including phenoxy) is 1. The molecule has 2 heterocycles. The van der Waals surface area contributed by atoms with Crippen LogP contribution in [-0.2, 0) is 21.2 Å². The number of amides is 1. The van der Waals surface area contributed by atoms with E-state index in [1.54, 1.807) is 36.3 Å². The maximum Gasteiger partial charge on any atom is 0.293 e. The third-order valence-corrected chi connectivity index (χ3v) is 8.08. The smallest absolute Gasteiger partial charge is 0.293 e. The first kappa shape index (κ1) is 24.1. The molecular formula is C23H28N4O6S. The van der Waals surface area contributed by atoms with Crippen LogP contribution in [0.5, 0.6) is 0 Å². The molecule has 11 heteroatoms. The molecule has 0 atom stereocenters. The predicted octanol–water partition coefficient (Wildman–Crippen LogP) is 3.03. The minimum Gasteiger partial charge on any atom is -0.383 e. The highest BCUT2D eigenvalue weighted by molar-refractivity contribution is 7.89. The van der Waals surface area contributed by atoms with E-state index in [-0.39, 0.29) is 22.1 Å². The lowest BCUT2D eigenvalue weighted by atomic mass is 10.0. The van der Waals surface area contributed by atoms with Crippen LogP contribution in [0, 0.1) is 10.1 Å². The molecule has 0 aromatic heterocycles. The zero-order valence-corrected chi connectivity index (χ0v) is 19.8. The van der Waals surface area contributed by atoms with Crippen molar-refractivity contribution in [2.24, 2.45) is 0 Å². The Kier molecular flexibility index (Phi) is 7.15. The molecule has 4 rings (SSSR count). The van der Waals surface area contributed by atoms with Gasteiger partial charge < -0.3 is 15.0 Å². The van der Waals surface area contributed by atoms with Gasteiger partial charge in [0.1, 0.15) is 5.69 Å². The molecule has 0 spiro atoms. The third kappa shape index (κ3) is 4.77. The van der Waals surface area contributed by atoms with Gasteiger partial charge in [-0.2, -0.15) is 4.31 Å². The molecule has 10 nitrogen and oxygen atoms in total. The minimum atomic E-state index is -3.55. The number of benzene rings is 2. The lowest BCUT2D eigenvalue weighted by Crippen LogP contribution is -2.36. The molecule has 0 unspecified atom stereocenters. The Labute approximate surface area is 198 Å². The van der Waals surface area contributed by atoms with Crippen molar-refractivity contribution in [2.45, 2.75) is 30.6 Å². The number of nitro groups is 1. The topological polar surface area (TPSA) is 122 Å². The number of sulfonamides is 1. The molecule has 0 radical (unpaired) electrons. The highest BCUT2D eigenvalue weighted by Crippen LogP contribution is 2.33. The summed E-state index contributed by atoms with van der Waals surface area (Å²) in [5.74, 6) is -0.359. The number of hydrogen-bond acceptors (Lipinski definition) is 7. The molecular weight excluding hydrogens is 460 g/mol. The van der Waals surface area contributed by atoms with Crippen molar-refractivity contribution < 1.29 is 22.9 Å². The number of carbonyl (C=O) groups is 1. The van der Waals surface area contributed by atoms with Crippen LogP contribution in [0.15, 0.2) is 41.3 Å². The van der Waals surface area contributed by atoms with Crippen molar-refractivity contribution in [3.63, 3.8) is 0 Å². The Morgan fingerprint density at radius 3 is 2.59 bits per heavy atom. The Morgan fingerprint density at radius 2 is 1.88 bits per heavy atom. The normalized spacial score (nSPS) is 16.3. The van der Waals surface area contributed by atoms with Crippen LogP contribution in [0.2, 0.25) is 0 Å². The molecule has 0 aliphatic carbocycles. The van der Waals surface area contributed by atoms with E-state index in [9.17, 15) is 23.3 Å². The Bertz CT molecular complexity index is 1190. The molecule has 0 saturated carbocycles. The maximum absolute atomic E-state index is 13.3. The second kappa shape index (κ2) is 10.1. The van der Waals surface area contributed by atoms with Crippen LogP contribution in [0.4, 0.5) is 17.1 Å². The number of nitrogens with one attached hydrogen (secondary N) is 1. The van der Waals surface area contributed by atoms with Gasteiger partial charge in [-0.05, 0) is 61.6 Å². The van der Waals surface area contributed by atoms with Crippen LogP contribution in [0.1, 0.15) is 35.2 Å². The van der Waals surface area contributed by atoms with Gasteiger partial charge in [0.05, 0.1) is 16.4 Å². The highest BCUT2D eigenvalue weighted by atomic mass is 32.2. The van der Waals surface area contributed by atoms with Crippen LogP contribution in [-0.4, -0.2) is 63.4 Å². The number of nitro benzene ring substituents is 1. The van der Waals surface area contributed by atoms with Gasteiger partial charge in [0.25, 0.3) is 11.6 Å². The van der Waals surface area contributed by atoms with Gasteiger partial charge in [0, 0.05) is 50.6 Å². The average Bonchev–Trinajstić information content (AvgIpc) is 3.39. The van der Waals surface area contributed by atoms with Gasteiger partial charge in [-0.15, -0.1) is 0 Å². The molecule has 1 fully saturated rings. The van der Waals surface area contributed by atoms with Crippen molar-refractivity contribution in [3.05, 3.63) is 57.6 Å². The number of hydrogen-bond donors (Lipinski definition) is 1. The molecule has 1 amide bonds. The summed E-state index contributed by atoms with van der Waals surface area (Å²) < 4.78 is 32.4. The van der Waals surface area contributed by atoms with E-state index in [0.717, 1.165) is 18.4 Å². The second-order valence-corrected chi connectivity index (χ2v) is 10.3. The van der Waals surface area contributed by atoms with Crippen LogP contribution < -0.4 is 10.2 Å². The van der Waals surface area contributed by atoms with E-state index >= 15 is 0 Å². The standard InChI is InChI=1S/C23H28N4O6S/c1-33-14-10-24-20-8-6-18(16-22(20)27(29)30)23(28)26-13-4-5-17-15-19(7-9-21(17)26)34(31,32)25-11-2-3-12-25/h6-9,15-16,24H,2-5,10-14H2,1H3. The fourth-order valence-electron chi connectivity index (χ4n) is 4.43. The quantitative estimate of drug-likeness (QED) is 0.344. The molecule has 0 bridgehead atoms. The van der Waals surface area contributed by atoms with E-state index in [1.165, 1.54) is 16.4 Å². The summed E-state index contributed by atoms with van der Waals surface area (Å²) in [6.07, 6.45) is 3.05. The van der Waals surface area contributed by atoms with E-state index in [0.29, 0.717) is 57.0 Å². The Morgan fingerprint density at radius 1 is 1.12 bits per heavy atom. The number of anilines is 2. The van der Waals surface area contributed by atoms with Crippen LogP contribution in [0.25, 0.3) is 0 Å². The fraction of sp³-hybridized carbons (Fsp3) is 0.435. The Hall–Kier alpha value is -3.02. The molecule has 182 valence electrons. The molecule has 2 aromatic rings. The number of carbonyl (C=O) groups excluding carboxylic acids is 1. The summed E-state index contributed by atoms with van der Waals surface area (Å²) in [6.45, 7) is 2.29. The van der Waals surface area contributed by atoms with Crippen LogP contribution >= 0.6 is 0 Å². The minimum absolute atomic E-state index is 0.189. The number of methoxy groups -OCH3 is 1. The van der Waals surface area contributed by atoms with Gasteiger partial charge in [-0.1, -0.05) is 0 Å². The van der Waals surface area contributed by atoms with E-state index in [1.807, 2.05) is 0 Å². The summed E-state index contributed by atoms with van der Waals surface area (Å²) in [5, 5.41) is 14.5. The molecule has 2 aromatic carbocycles. The molecule has 1 N–H and O–H groups in total. The van der Waals surface area contributed by atoms with Gasteiger partial charge >= 0.3 is 0 Å². The van der Waals surface area contributed by atoms with Crippen molar-refractivity contribution in [1.82, 2.24) is 4.31 Å². The second-order valence-electron chi connectivity index (χ2n) is 8.37. The average molecular weight is 489 g/mol. The monoisotopic (exact) mass is 488 g/mol. The fourth-order valence-corrected chi connectivity index (χ4v) is 6.00. The maximum atomic E-state index is 13.3. The summed E-state index contributed by atoms with van der Waals surface area (Å²) >= 11 is 0. The van der Waals surface area contributed by atoms with Gasteiger partial charge in [0.2, 0.25) is 10.0 Å². The van der Waals surface area contributed by atoms with Crippen LogP contribution in [0.3, 0.4) is 0 Å². The first-order valence-electron chi connectivity index (χ1n) is 11.3. The summed E-state index contributed by atoms with van der Waals surface area (Å²) in [4.78, 5) is 26.2. The van der Waals surface area contributed by atoms with E-state index < -0.39 is 14.9 Å². The summed E-state index contributed by atoms with van der Waals surface area (Å²) in [5.41, 5.74) is 1.75. The number of nitrogens with zero attached hydrogens (tertiary/aromatic N) is 3. The zero-order chi connectivity index (χ0) is 24.3. The van der Waals surface area contributed by atoms with Crippen molar-refractivity contribution in [1.29, 1.82) is 0 Å². The lowest BCUT2D eigenvalue weighted by Gasteiger charge is -2.30. The largest absolute Gasteiger partial charge is 0.383 e. The van der Waals surface area contributed by atoms with E-state index in [4.69, 9.17) is 4.74 Å². The highest BCUT2D eigenvalue weighted by Gasteiger charge is 2.30. The first-order valence-corrected chi connectivity index (χ1v) is 12.7. The van der Waals surface area contributed by atoms with Gasteiger partial charge in [-0.25, -0.2) is 8.42 Å². The van der Waals surface area contributed by atoms with E-state index in [2.05, 4.69) is 5.32 Å². The Balaban J connectivity index is 1.61. The summed E-state index contributed by atoms with van der Waals surface area (Å²) in [6, 6.07) is 9.24. The third-order valence-electron chi connectivity index (χ3n) is 6.18. The summed E-state index contributed by atoms with van der Waals surface area (Å²) in [7, 11) is -2.01. The molecule has 1 saturated heterocycles. The molecule has 34 heavy (non-hydrogen) atoms.